The second kappa shape index (κ2) is 7.11. The van der Waals surface area contributed by atoms with Crippen molar-refractivity contribution in [2.45, 2.75) is 25.6 Å². The van der Waals surface area contributed by atoms with Crippen LogP contribution in [0.4, 0.5) is 0 Å². The Labute approximate surface area is 155 Å². The Morgan fingerprint density at radius 3 is 2.67 bits per heavy atom. The zero-order valence-electron chi connectivity index (χ0n) is 14.9. The normalized spacial score (nSPS) is 17.9. The molecule has 27 heavy (non-hydrogen) atoms. The third kappa shape index (κ3) is 3.36. The number of carbonyl (C=O) groups excluding carboxylic acids is 1. The van der Waals surface area contributed by atoms with E-state index in [1.54, 1.807) is 19.2 Å². The lowest BCUT2D eigenvalue weighted by Gasteiger charge is -2.13. The van der Waals surface area contributed by atoms with Gasteiger partial charge in [-0.2, -0.15) is 4.98 Å². The average Bonchev–Trinajstić information content (AvgIpc) is 3.31. The van der Waals surface area contributed by atoms with Crippen molar-refractivity contribution >= 4 is 5.97 Å². The Kier molecular flexibility index (Phi) is 4.50. The van der Waals surface area contributed by atoms with Crippen molar-refractivity contribution in [3.8, 4) is 23.0 Å². The molecule has 0 fully saturated rings. The van der Waals surface area contributed by atoms with E-state index in [0.29, 0.717) is 11.6 Å². The number of nitrogens with zero attached hydrogens (tertiary/aromatic N) is 2. The van der Waals surface area contributed by atoms with Gasteiger partial charge in [0.1, 0.15) is 11.5 Å². The Bertz CT molecular complexity index is 951. The molecule has 0 bridgehead atoms. The monoisotopic (exact) mass is 366 g/mol. The van der Waals surface area contributed by atoms with Gasteiger partial charge in [0, 0.05) is 17.0 Å². The van der Waals surface area contributed by atoms with E-state index in [1.807, 2.05) is 43.3 Å². The van der Waals surface area contributed by atoms with Crippen LogP contribution >= 0.6 is 0 Å². The maximum absolute atomic E-state index is 12.4. The van der Waals surface area contributed by atoms with Gasteiger partial charge in [-0.25, -0.2) is 4.79 Å². The van der Waals surface area contributed by atoms with Crippen LogP contribution in [0.15, 0.2) is 53.1 Å². The van der Waals surface area contributed by atoms with E-state index in [-0.39, 0.29) is 18.3 Å². The molecule has 3 aromatic rings. The lowest BCUT2D eigenvalue weighted by Crippen LogP contribution is -2.29. The van der Waals surface area contributed by atoms with Crippen molar-refractivity contribution in [3.63, 3.8) is 0 Å². The van der Waals surface area contributed by atoms with Crippen LogP contribution in [0.1, 0.15) is 24.2 Å². The smallest absolute Gasteiger partial charge is 0.348 e. The Morgan fingerprint density at radius 1 is 1.15 bits per heavy atom. The standard InChI is InChI=1S/C20H18N2O5/c1-12-15-5-3-4-6-16(15)26-18(12)20(23)25-11-17-21-19(27-22-17)13-7-9-14(24-2)10-8-13/h3-10,12,18H,11H2,1-2H3. The highest BCUT2D eigenvalue weighted by Gasteiger charge is 2.37. The van der Waals surface area contributed by atoms with Gasteiger partial charge < -0.3 is 18.7 Å². The van der Waals surface area contributed by atoms with E-state index in [1.165, 1.54) is 0 Å². The number of esters is 1. The molecule has 4 rings (SSSR count). The SMILES string of the molecule is COc1ccc(-c2nc(COC(=O)C3Oc4ccccc4C3C)no2)cc1. The van der Waals surface area contributed by atoms with Gasteiger partial charge in [0.05, 0.1) is 7.11 Å². The molecule has 0 saturated heterocycles. The van der Waals surface area contributed by atoms with Crippen LogP contribution in [0.5, 0.6) is 11.5 Å². The second-order valence-corrected chi connectivity index (χ2v) is 6.22. The Balaban J connectivity index is 1.38. The van der Waals surface area contributed by atoms with Crippen LogP contribution in [-0.4, -0.2) is 29.3 Å². The molecule has 138 valence electrons. The lowest BCUT2D eigenvalue weighted by molar-refractivity contribution is -0.153. The van der Waals surface area contributed by atoms with E-state index >= 15 is 0 Å². The number of aromatic nitrogens is 2. The molecule has 0 radical (unpaired) electrons. The van der Waals surface area contributed by atoms with Crippen LogP contribution in [-0.2, 0) is 16.1 Å². The first-order valence-electron chi connectivity index (χ1n) is 8.55. The molecule has 1 aliphatic rings. The fourth-order valence-corrected chi connectivity index (χ4v) is 3.00. The molecule has 7 nitrogen and oxygen atoms in total. The van der Waals surface area contributed by atoms with Gasteiger partial charge in [-0.3, -0.25) is 0 Å². The van der Waals surface area contributed by atoms with E-state index in [0.717, 1.165) is 16.9 Å². The number of hydrogen-bond acceptors (Lipinski definition) is 7. The molecule has 2 heterocycles. The molecule has 1 aliphatic heterocycles. The minimum Gasteiger partial charge on any atom is -0.497 e. The number of rotatable bonds is 5. The summed E-state index contributed by atoms with van der Waals surface area (Å²) in [5.74, 6) is 1.56. The van der Waals surface area contributed by atoms with Gasteiger partial charge in [-0.15, -0.1) is 0 Å². The third-order valence-corrected chi connectivity index (χ3v) is 4.50. The Hall–Kier alpha value is -3.35. The molecular formula is C20H18N2O5. The van der Waals surface area contributed by atoms with Gasteiger partial charge in [0.25, 0.3) is 5.89 Å². The highest BCUT2D eigenvalue weighted by molar-refractivity contribution is 5.78. The summed E-state index contributed by atoms with van der Waals surface area (Å²) < 4.78 is 21.4. The van der Waals surface area contributed by atoms with Crippen molar-refractivity contribution in [2.75, 3.05) is 7.11 Å². The van der Waals surface area contributed by atoms with Crippen molar-refractivity contribution < 1.29 is 23.5 Å². The number of benzene rings is 2. The number of para-hydroxylation sites is 1. The van der Waals surface area contributed by atoms with Crippen molar-refractivity contribution in [3.05, 3.63) is 59.9 Å². The minimum absolute atomic E-state index is 0.0752. The second-order valence-electron chi connectivity index (χ2n) is 6.22. The van der Waals surface area contributed by atoms with Crippen LogP contribution < -0.4 is 9.47 Å². The van der Waals surface area contributed by atoms with Gasteiger partial charge in [0.2, 0.25) is 11.9 Å². The number of carbonyl (C=O) groups is 1. The molecule has 0 amide bonds. The fourth-order valence-electron chi connectivity index (χ4n) is 3.00. The van der Waals surface area contributed by atoms with Crippen molar-refractivity contribution in [1.82, 2.24) is 10.1 Å². The highest BCUT2D eigenvalue weighted by atomic mass is 16.6. The van der Waals surface area contributed by atoms with Crippen LogP contribution in [0.25, 0.3) is 11.5 Å². The largest absolute Gasteiger partial charge is 0.497 e. The number of ether oxygens (including phenoxy) is 3. The number of methoxy groups -OCH3 is 1. The summed E-state index contributed by atoms with van der Waals surface area (Å²) >= 11 is 0. The fraction of sp³-hybridized carbons (Fsp3) is 0.250. The first-order chi connectivity index (χ1) is 13.2. The number of fused-ring (bicyclic) bond motifs is 1. The predicted molar refractivity (Wildman–Crippen MR) is 95.4 cm³/mol. The zero-order valence-corrected chi connectivity index (χ0v) is 14.9. The molecule has 2 atom stereocenters. The van der Waals surface area contributed by atoms with E-state index in [2.05, 4.69) is 10.1 Å². The predicted octanol–water partition coefficient (Wildman–Crippen LogP) is 3.35. The van der Waals surface area contributed by atoms with Gasteiger partial charge in [0.15, 0.2) is 6.61 Å². The maximum atomic E-state index is 12.4. The van der Waals surface area contributed by atoms with Crippen molar-refractivity contribution in [2.24, 2.45) is 0 Å². The minimum atomic E-state index is -0.671. The summed E-state index contributed by atoms with van der Waals surface area (Å²) in [5.41, 5.74) is 1.75. The van der Waals surface area contributed by atoms with Crippen molar-refractivity contribution in [1.29, 1.82) is 0 Å². The average molecular weight is 366 g/mol. The molecule has 2 unspecified atom stereocenters. The molecule has 1 aromatic heterocycles. The van der Waals surface area contributed by atoms with Crippen LogP contribution in [0, 0.1) is 0 Å². The molecule has 0 saturated carbocycles. The van der Waals surface area contributed by atoms with Crippen LogP contribution in [0.3, 0.4) is 0 Å². The lowest BCUT2D eigenvalue weighted by atomic mass is 9.98. The van der Waals surface area contributed by atoms with Crippen LogP contribution in [0.2, 0.25) is 0 Å². The first kappa shape index (κ1) is 17.1. The van der Waals surface area contributed by atoms with E-state index in [9.17, 15) is 4.79 Å². The van der Waals surface area contributed by atoms with E-state index in [4.69, 9.17) is 18.7 Å². The molecular weight excluding hydrogens is 348 g/mol. The molecule has 0 aliphatic carbocycles. The number of hydrogen-bond donors (Lipinski definition) is 0. The summed E-state index contributed by atoms with van der Waals surface area (Å²) in [4.78, 5) is 16.7. The summed E-state index contributed by atoms with van der Waals surface area (Å²) in [6.45, 7) is 1.86. The third-order valence-electron chi connectivity index (χ3n) is 4.50. The van der Waals surface area contributed by atoms with Gasteiger partial charge in [-0.1, -0.05) is 30.3 Å². The topological polar surface area (TPSA) is 83.7 Å². The molecule has 2 aromatic carbocycles. The van der Waals surface area contributed by atoms with Gasteiger partial charge >= 0.3 is 5.97 Å². The first-order valence-corrected chi connectivity index (χ1v) is 8.55. The summed E-state index contributed by atoms with van der Waals surface area (Å²) in [6, 6.07) is 14.8. The van der Waals surface area contributed by atoms with Gasteiger partial charge in [-0.05, 0) is 30.3 Å². The summed E-state index contributed by atoms with van der Waals surface area (Å²) in [5, 5.41) is 3.86. The summed E-state index contributed by atoms with van der Waals surface area (Å²) in [7, 11) is 1.60. The Morgan fingerprint density at radius 2 is 1.93 bits per heavy atom. The molecule has 0 spiro atoms. The molecule has 7 heteroatoms. The van der Waals surface area contributed by atoms with E-state index < -0.39 is 12.1 Å². The maximum Gasteiger partial charge on any atom is 0.348 e. The zero-order chi connectivity index (χ0) is 18.8. The molecule has 0 N–H and O–H groups in total. The quantitative estimate of drug-likeness (QED) is 0.640. The summed E-state index contributed by atoms with van der Waals surface area (Å²) in [6.07, 6.45) is -0.671. The highest BCUT2D eigenvalue weighted by Crippen LogP contribution is 2.38.